The van der Waals surface area contributed by atoms with E-state index >= 15 is 4.39 Å². The number of carbonyl (C=O) groups excluding carboxylic acids is 4. The Kier molecular flexibility index (Phi) is 8.42. The van der Waals surface area contributed by atoms with Crippen molar-refractivity contribution in [2.75, 3.05) is 13.2 Å². The van der Waals surface area contributed by atoms with Crippen LogP contribution in [0, 0.1) is 11.3 Å². The van der Waals surface area contributed by atoms with Gasteiger partial charge < -0.3 is 19.9 Å². The van der Waals surface area contributed by atoms with E-state index in [4.69, 9.17) is 9.47 Å². The number of halogens is 1. The molecule has 2 N–H and O–H groups in total. The van der Waals surface area contributed by atoms with E-state index in [2.05, 4.69) is 5.32 Å². The quantitative estimate of drug-likeness (QED) is 0.426. The van der Waals surface area contributed by atoms with E-state index in [9.17, 15) is 24.3 Å². The summed E-state index contributed by atoms with van der Waals surface area (Å²) in [6.07, 6.45) is 3.76. The van der Waals surface area contributed by atoms with Gasteiger partial charge >= 0.3 is 17.6 Å². The van der Waals surface area contributed by atoms with Crippen molar-refractivity contribution in [1.29, 1.82) is 0 Å². The van der Waals surface area contributed by atoms with Gasteiger partial charge in [-0.1, -0.05) is 33.1 Å². The molecule has 0 saturated heterocycles. The number of ether oxygens (including phenoxy) is 2. The number of amides is 1. The highest BCUT2D eigenvalue weighted by Crippen LogP contribution is 2.43. The third-order valence-corrected chi connectivity index (χ3v) is 5.95. The van der Waals surface area contributed by atoms with Gasteiger partial charge in [-0.25, -0.2) is 9.18 Å². The number of nitrogens with one attached hydrogen (secondary N) is 1. The number of aliphatic hydroxyl groups excluding tert-OH is 1. The van der Waals surface area contributed by atoms with Gasteiger partial charge in [0.2, 0.25) is 0 Å². The van der Waals surface area contributed by atoms with Crippen molar-refractivity contribution in [2.45, 2.75) is 84.4 Å². The minimum Gasteiger partial charge on any atom is -0.512 e. The number of allylic oxidation sites excluding steroid dienone is 1. The van der Waals surface area contributed by atoms with Crippen LogP contribution in [-0.2, 0) is 28.7 Å². The normalized spacial score (nSPS) is 22.0. The van der Waals surface area contributed by atoms with Crippen molar-refractivity contribution < 1.29 is 38.1 Å². The molecule has 180 valence electrons. The Hall–Kier alpha value is -2.45. The second-order valence-corrected chi connectivity index (χ2v) is 9.23. The fourth-order valence-electron chi connectivity index (χ4n) is 4.45. The van der Waals surface area contributed by atoms with Gasteiger partial charge in [-0.2, -0.15) is 0 Å². The molecule has 2 atom stereocenters. The number of Topliss-reactive ketones (excluding diaryl/α,β-unsaturated/α-hetero) is 1. The summed E-state index contributed by atoms with van der Waals surface area (Å²) < 4.78 is 26.4. The maximum absolute atomic E-state index is 16.6. The van der Waals surface area contributed by atoms with Crippen LogP contribution in [0.2, 0.25) is 0 Å². The summed E-state index contributed by atoms with van der Waals surface area (Å²) in [7, 11) is 0. The summed E-state index contributed by atoms with van der Waals surface area (Å²) >= 11 is 0. The Morgan fingerprint density at radius 2 is 1.72 bits per heavy atom. The second kappa shape index (κ2) is 10.4. The zero-order valence-corrected chi connectivity index (χ0v) is 19.3. The van der Waals surface area contributed by atoms with Gasteiger partial charge in [0.1, 0.15) is 11.7 Å². The molecule has 0 spiro atoms. The second-order valence-electron chi connectivity index (χ2n) is 9.23. The molecule has 0 heterocycles. The van der Waals surface area contributed by atoms with Gasteiger partial charge in [-0.05, 0) is 32.1 Å². The van der Waals surface area contributed by atoms with Gasteiger partial charge in [-0.15, -0.1) is 0 Å². The van der Waals surface area contributed by atoms with Crippen LogP contribution in [0.25, 0.3) is 0 Å². The maximum atomic E-state index is 16.6. The number of hydrogen-bond donors (Lipinski definition) is 2. The summed E-state index contributed by atoms with van der Waals surface area (Å²) in [5, 5.41) is 13.2. The Morgan fingerprint density at radius 3 is 2.25 bits per heavy atom. The molecule has 0 aromatic heterocycles. The maximum Gasteiger partial charge on any atom is 0.355 e. The molecule has 0 radical (unpaired) electrons. The number of carbonyl (C=O) groups is 4. The van der Waals surface area contributed by atoms with Crippen molar-refractivity contribution in [1.82, 2.24) is 5.32 Å². The van der Waals surface area contributed by atoms with E-state index in [-0.39, 0.29) is 32.1 Å². The Bertz CT molecular complexity index is 785. The molecule has 0 aromatic rings. The van der Waals surface area contributed by atoms with Crippen LogP contribution in [0.4, 0.5) is 4.39 Å². The number of hydrogen-bond acceptors (Lipinski definition) is 7. The van der Waals surface area contributed by atoms with Crippen molar-refractivity contribution in [3.63, 3.8) is 0 Å². The first-order valence-electron chi connectivity index (χ1n) is 11.3. The van der Waals surface area contributed by atoms with Gasteiger partial charge in [0.25, 0.3) is 5.91 Å². The van der Waals surface area contributed by atoms with Gasteiger partial charge in [0, 0.05) is 18.9 Å². The third kappa shape index (κ3) is 5.48. The number of aliphatic hydroxyl groups is 1. The lowest BCUT2D eigenvalue weighted by Crippen LogP contribution is -2.60. The number of alkyl halides is 1. The average molecular weight is 456 g/mol. The van der Waals surface area contributed by atoms with Crippen LogP contribution in [0.1, 0.15) is 72.6 Å². The van der Waals surface area contributed by atoms with Crippen LogP contribution in [0.5, 0.6) is 0 Å². The fraction of sp³-hybridized carbons (Fsp3) is 0.739. The lowest BCUT2D eigenvalue weighted by atomic mass is 9.70. The molecule has 2 aliphatic rings. The lowest BCUT2D eigenvalue weighted by molar-refractivity contribution is -0.175. The smallest absolute Gasteiger partial charge is 0.355 e. The predicted molar refractivity (Wildman–Crippen MR) is 113 cm³/mol. The fourth-order valence-corrected chi connectivity index (χ4v) is 4.45. The van der Waals surface area contributed by atoms with E-state index in [1.807, 2.05) is 0 Å². The van der Waals surface area contributed by atoms with Crippen LogP contribution in [0.3, 0.4) is 0 Å². The van der Waals surface area contributed by atoms with E-state index in [0.29, 0.717) is 12.8 Å². The molecule has 2 aliphatic carbocycles. The first kappa shape index (κ1) is 25.8. The van der Waals surface area contributed by atoms with Crippen LogP contribution in [-0.4, -0.2) is 53.7 Å². The summed E-state index contributed by atoms with van der Waals surface area (Å²) in [6.45, 7) is 5.96. The van der Waals surface area contributed by atoms with E-state index < -0.39 is 52.0 Å². The predicted octanol–water partition coefficient (Wildman–Crippen LogP) is 3.09. The number of rotatable bonds is 8. The lowest BCUT2D eigenvalue weighted by Gasteiger charge is -2.36. The third-order valence-electron chi connectivity index (χ3n) is 5.95. The topological polar surface area (TPSA) is 119 Å². The highest BCUT2D eigenvalue weighted by atomic mass is 19.1. The molecular formula is C23H34FNO7. The first-order valence-corrected chi connectivity index (χ1v) is 11.3. The molecule has 32 heavy (non-hydrogen) atoms. The Balaban J connectivity index is 2.59. The SMILES string of the molecule is CCOC(=O)[C@@H](C1=C(O)CC(C)(C)CC1=O)C(F)(C(=O)NC1CCCCC1)C(=O)OCC. The molecule has 8 nitrogen and oxygen atoms in total. The van der Waals surface area contributed by atoms with Crippen LogP contribution < -0.4 is 5.32 Å². The van der Waals surface area contributed by atoms with Crippen LogP contribution in [0.15, 0.2) is 11.3 Å². The van der Waals surface area contributed by atoms with Gasteiger partial charge in [0.05, 0.1) is 18.8 Å². The molecule has 0 aromatic carbocycles. The molecule has 1 fully saturated rings. The molecule has 1 saturated carbocycles. The van der Waals surface area contributed by atoms with Crippen molar-refractivity contribution in [3.8, 4) is 0 Å². The largest absolute Gasteiger partial charge is 0.512 e. The Labute approximate surface area is 187 Å². The van der Waals surface area contributed by atoms with Crippen molar-refractivity contribution in [3.05, 3.63) is 11.3 Å². The summed E-state index contributed by atoms with van der Waals surface area (Å²) in [4.78, 5) is 51.8. The van der Waals surface area contributed by atoms with E-state index in [1.54, 1.807) is 13.8 Å². The van der Waals surface area contributed by atoms with Crippen molar-refractivity contribution >= 4 is 23.6 Å². The summed E-state index contributed by atoms with van der Waals surface area (Å²) in [5.41, 5.74) is -4.80. The van der Waals surface area contributed by atoms with Crippen molar-refractivity contribution in [2.24, 2.45) is 11.3 Å². The Morgan fingerprint density at radius 1 is 1.12 bits per heavy atom. The highest BCUT2D eigenvalue weighted by molar-refractivity contribution is 6.14. The molecule has 0 aliphatic heterocycles. The molecule has 1 unspecified atom stereocenters. The zero-order valence-electron chi connectivity index (χ0n) is 19.3. The monoisotopic (exact) mass is 455 g/mol. The minimum absolute atomic E-state index is 0.0207. The molecular weight excluding hydrogens is 421 g/mol. The number of esters is 2. The molecule has 9 heteroatoms. The number of ketones is 1. The van der Waals surface area contributed by atoms with Gasteiger partial charge in [0.15, 0.2) is 5.78 Å². The van der Waals surface area contributed by atoms with Crippen LogP contribution >= 0.6 is 0 Å². The standard InChI is InChI=1S/C23H34FNO7/c1-5-31-19(28)18(17-15(26)12-22(3,4)13-16(17)27)23(24,21(30)32-6-2)20(29)25-14-10-8-7-9-11-14/h14,18,26H,5-13H2,1-4H3,(H,25,29)/t18-,23?/m1/s1. The van der Waals surface area contributed by atoms with Gasteiger partial charge in [-0.3, -0.25) is 14.4 Å². The zero-order chi connectivity index (χ0) is 24.1. The summed E-state index contributed by atoms with van der Waals surface area (Å²) in [5.74, 6) is -7.75. The average Bonchev–Trinajstić information content (AvgIpc) is 2.70. The minimum atomic E-state index is -3.57. The van der Waals surface area contributed by atoms with E-state index in [1.165, 1.54) is 13.8 Å². The first-order chi connectivity index (χ1) is 15.0. The molecule has 0 bridgehead atoms. The molecule has 1 amide bonds. The van der Waals surface area contributed by atoms with E-state index in [0.717, 1.165) is 19.3 Å². The molecule has 2 rings (SSSR count). The highest BCUT2D eigenvalue weighted by Gasteiger charge is 2.62. The summed E-state index contributed by atoms with van der Waals surface area (Å²) in [6, 6.07) is -0.368.